The highest BCUT2D eigenvalue weighted by atomic mass is 79.9. The number of ether oxygens (including phenoxy) is 1. The van der Waals surface area contributed by atoms with Crippen molar-refractivity contribution in [3.8, 4) is 11.8 Å². The summed E-state index contributed by atoms with van der Waals surface area (Å²) in [6.45, 7) is 2.48. The van der Waals surface area contributed by atoms with Gasteiger partial charge in [-0.1, -0.05) is 38.8 Å². The summed E-state index contributed by atoms with van der Waals surface area (Å²) < 4.78 is 32.6. The van der Waals surface area contributed by atoms with Crippen molar-refractivity contribution in [2.45, 2.75) is 18.2 Å². The van der Waals surface area contributed by atoms with Gasteiger partial charge in [-0.15, -0.1) is 0 Å². The smallest absolute Gasteiger partial charge is 0.216 e. The van der Waals surface area contributed by atoms with Crippen LogP contribution in [-0.2, 0) is 9.84 Å². The predicted molar refractivity (Wildman–Crippen MR) is 105 cm³/mol. The van der Waals surface area contributed by atoms with Crippen molar-refractivity contribution in [1.29, 1.82) is 5.26 Å². The van der Waals surface area contributed by atoms with Crippen LogP contribution in [0, 0.1) is 11.3 Å². The highest BCUT2D eigenvalue weighted by molar-refractivity contribution is 9.10. The van der Waals surface area contributed by atoms with E-state index >= 15 is 0 Å². The third kappa shape index (κ3) is 4.94. The Morgan fingerprint density at radius 2 is 1.80 bits per heavy atom. The van der Waals surface area contributed by atoms with Gasteiger partial charge in [-0.2, -0.15) is 5.26 Å². The van der Waals surface area contributed by atoms with Gasteiger partial charge in [0.2, 0.25) is 9.84 Å². The van der Waals surface area contributed by atoms with Crippen LogP contribution >= 0.6 is 31.9 Å². The topological polar surface area (TPSA) is 67.2 Å². The van der Waals surface area contributed by atoms with Crippen molar-refractivity contribution < 1.29 is 13.2 Å². The number of allylic oxidation sites excluding steroid dienone is 1. The van der Waals surface area contributed by atoms with Crippen molar-refractivity contribution >= 4 is 47.8 Å². The molecule has 0 bridgehead atoms. The van der Waals surface area contributed by atoms with Crippen LogP contribution in [-0.4, -0.2) is 15.0 Å². The zero-order valence-electron chi connectivity index (χ0n) is 13.4. The van der Waals surface area contributed by atoms with E-state index in [0.717, 1.165) is 15.4 Å². The molecule has 130 valence electrons. The molecule has 0 saturated heterocycles. The first-order valence-corrected chi connectivity index (χ1v) is 10.5. The number of nitrogens with zero attached hydrogens (tertiary/aromatic N) is 1. The minimum absolute atomic E-state index is 0.0644. The number of rotatable bonds is 6. The van der Waals surface area contributed by atoms with Gasteiger partial charge in [0, 0.05) is 14.5 Å². The summed E-state index contributed by atoms with van der Waals surface area (Å²) in [6, 6.07) is 13.2. The molecule has 0 atom stereocenters. The Balaban J connectivity index is 2.52. The van der Waals surface area contributed by atoms with E-state index in [4.69, 9.17) is 4.74 Å². The largest absolute Gasteiger partial charge is 0.493 e. The van der Waals surface area contributed by atoms with Crippen LogP contribution in [0.1, 0.15) is 18.9 Å². The molecule has 2 rings (SSSR count). The molecular weight excluding hydrogens is 470 g/mol. The molecule has 0 aliphatic carbocycles. The van der Waals surface area contributed by atoms with Crippen molar-refractivity contribution in [2.75, 3.05) is 6.61 Å². The molecule has 0 aliphatic rings. The van der Waals surface area contributed by atoms with Gasteiger partial charge < -0.3 is 4.74 Å². The molecule has 2 aromatic carbocycles. The lowest BCUT2D eigenvalue weighted by molar-refractivity contribution is 0.317. The first kappa shape index (κ1) is 19.7. The van der Waals surface area contributed by atoms with Gasteiger partial charge in [-0.25, -0.2) is 8.42 Å². The molecule has 0 spiro atoms. The second-order valence-corrected chi connectivity index (χ2v) is 8.86. The van der Waals surface area contributed by atoms with Gasteiger partial charge in [-0.3, -0.25) is 0 Å². The zero-order valence-corrected chi connectivity index (χ0v) is 17.4. The highest BCUT2D eigenvalue weighted by Gasteiger charge is 2.21. The number of benzene rings is 2. The Morgan fingerprint density at radius 1 is 1.16 bits per heavy atom. The van der Waals surface area contributed by atoms with E-state index in [1.54, 1.807) is 36.4 Å². The monoisotopic (exact) mass is 483 g/mol. The maximum absolute atomic E-state index is 12.7. The van der Waals surface area contributed by atoms with Gasteiger partial charge in [-0.05, 0) is 55.0 Å². The third-order valence-electron chi connectivity index (χ3n) is 3.24. The van der Waals surface area contributed by atoms with Crippen molar-refractivity contribution in [2.24, 2.45) is 0 Å². The maximum Gasteiger partial charge on any atom is 0.216 e. The average molecular weight is 485 g/mol. The number of hydrogen-bond acceptors (Lipinski definition) is 4. The summed E-state index contributed by atoms with van der Waals surface area (Å²) in [5, 5.41) is 9.42. The van der Waals surface area contributed by atoms with Crippen LogP contribution in [0.3, 0.4) is 0 Å². The van der Waals surface area contributed by atoms with E-state index in [-0.39, 0.29) is 9.80 Å². The number of hydrogen-bond donors (Lipinski definition) is 0. The first-order chi connectivity index (χ1) is 11.9. The lowest BCUT2D eigenvalue weighted by Crippen LogP contribution is -2.04. The Hall–Kier alpha value is -1.62. The normalized spacial score (nSPS) is 11.8. The van der Waals surface area contributed by atoms with Gasteiger partial charge in [0.1, 0.15) is 16.7 Å². The highest BCUT2D eigenvalue weighted by Crippen LogP contribution is 2.29. The molecule has 2 aromatic rings. The lowest BCUT2D eigenvalue weighted by Gasteiger charge is -2.10. The van der Waals surface area contributed by atoms with Crippen LogP contribution in [0.4, 0.5) is 0 Å². The Bertz CT molecular complexity index is 930. The standard InChI is InChI=1S/C18H15Br2NO3S/c1-2-9-24-18-8-5-15(20)10-13(18)11-17(12-21)25(22,23)16-6-3-14(19)4-7-16/h3-8,10-11H,2,9H2,1H3/b17-11+. The summed E-state index contributed by atoms with van der Waals surface area (Å²) in [7, 11) is -3.91. The van der Waals surface area contributed by atoms with Gasteiger partial charge >= 0.3 is 0 Å². The summed E-state index contributed by atoms with van der Waals surface area (Å²) in [4.78, 5) is -0.274. The van der Waals surface area contributed by atoms with E-state index in [9.17, 15) is 13.7 Å². The Kier molecular flexibility index (Phi) is 6.82. The van der Waals surface area contributed by atoms with E-state index < -0.39 is 9.84 Å². The zero-order chi connectivity index (χ0) is 18.4. The molecule has 0 radical (unpaired) electrons. The lowest BCUT2D eigenvalue weighted by atomic mass is 10.2. The third-order valence-corrected chi connectivity index (χ3v) is 5.95. The molecule has 0 amide bonds. The quantitative estimate of drug-likeness (QED) is 0.519. The fourth-order valence-electron chi connectivity index (χ4n) is 2.03. The van der Waals surface area contributed by atoms with Gasteiger partial charge in [0.05, 0.1) is 11.5 Å². The van der Waals surface area contributed by atoms with E-state index in [1.807, 2.05) is 6.92 Å². The molecule has 0 unspecified atom stereocenters. The van der Waals surface area contributed by atoms with E-state index in [1.165, 1.54) is 18.2 Å². The molecule has 0 N–H and O–H groups in total. The molecule has 0 saturated carbocycles. The van der Waals surface area contributed by atoms with Gasteiger partial charge in [0.25, 0.3) is 0 Å². The van der Waals surface area contributed by atoms with Crippen molar-refractivity contribution in [3.63, 3.8) is 0 Å². The summed E-state index contributed by atoms with van der Waals surface area (Å²) >= 11 is 6.62. The van der Waals surface area contributed by atoms with E-state index in [0.29, 0.717) is 17.9 Å². The summed E-state index contributed by atoms with van der Waals surface area (Å²) in [5.74, 6) is 0.531. The van der Waals surface area contributed by atoms with Crippen molar-refractivity contribution in [1.82, 2.24) is 0 Å². The minimum Gasteiger partial charge on any atom is -0.493 e. The van der Waals surface area contributed by atoms with Gasteiger partial charge in [0.15, 0.2) is 0 Å². The fourth-order valence-corrected chi connectivity index (χ4v) is 3.82. The van der Waals surface area contributed by atoms with Crippen LogP contribution in [0.5, 0.6) is 5.75 Å². The second-order valence-electron chi connectivity index (χ2n) is 5.11. The predicted octanol–water partition coefficient (Wildman–Crippen LogP) is 5.34. The summed E-state index contributed by atoms with van der Waals surface area (Å²) in [5.41, 5.74) is 0.528. The summed E-state index contributed by atoms with van der Waals surface area (Å²) in [6.07, 6.45) is 2.16. The second kappa shape index (κ2) is 8.65. The van der Waals surface area contributed by atoms with E-state index in [2.05, 4.69) is 31.9 Å². The van der Waals surface area contributed by atoms with Crippen LogP contribution in [0.15, 0.2) is 61.2 Å². The molecular formula is C18H15Br2NO3S. The molecule has 4 nitrogen and oxygen atoms in total. The first-order valence-electron chi connectivity index (χ1n) is 7.43. The average Bonchev–Trinajstić information content (AvgIpc) is 2.59. The van der Waals surface area contributed by atoms with Crippen LogP contribution in [0.2, 0.25) is 0 Å². The molecule has 7 heteroatoms. The minimum atomic E-state index is -3.91. The number of halogens is 2. The van der Waals surface area contributed by atoms with Crippen LogP contribution in [0.25, 0.3) is 6.08 Å². The Labute approximate surface area is 164 Å². The van der Waals surface area contributed by atoms with Crippen LogP contribution < -0.4 is 4.74 Å². The fraction of sp³-hybridized carbons (Fsp3) is 0.167. The van der Waals surface area contributed by atoms with Crippen molar-refractivity contribution in [3.05, 3.63) is 61.9 Å². The molecule has 25 heavy (non-hydrogen) atoms. The number of sulfone groups is 1. The SMILES string of the molecule is CCCOc1ccc(Br)cc1/C=C(\C#N)S(=O)(=O)c1ccc(Br)cc1. The molecule has 0 heterocycles. The molecule has 0 fully saturated rings. The molecule has 0 aromatic heterocycles. The maximum atomic E-state index is 12.7. The Morgan fingerprint density at radius 3 is 2.40 bits per heavy atom. The number of nitriles is 1. The molecule has 0 aliphatic heterocycles.